The normalized spacial score (nSPS) is 42.8. The molecule has 5 N–H and O–H groups in total. The average Bonchev–Trinajstić information content (AvgIpc) is 2.86. The molecule has 0 saturated carbocycles. The van der Waals surface area contributed by atoms with Crippen LogP contribution in [0.3, 0.4) is 0 Å². The Bertz CT molecular complexity index is 748. The van der Waals surface area contributed by atoms with Gasteiger partial charge in [0.1, 0.15) is 48.8 Å². The van der Waals surface area contributed by atoms with Crippen LogP contribution < -0.4 is 0 Å². The summed E-state index contributed by atoms with van der Waals surface area (Å²) in [7, 11) is 0. The molecule has 11 heteroatoms. The van der Waals surface area contributed by atoms with Crippen molar-refractivity contribution < 1.29 is 54.0 Å². The lowest BCUT2D eigenvalue weighted by Gasteiger charge is -2.48. The number of hydrogen-bond donors (Lipinski definition) is 5. The monoisotopic (exact) mass is 486 g/mol. The molecule has 3 aliphatic heterocycles. The molecule has 3 aliphatic rings. The number of unbranched alkanes of at least 4 members (excludes halogenated alkanes) is 1. The Labute approximate surface area is 197 Å². The van der Waals surface area contributed by atoms with Gasteiger partial charge >= 0.3 is 0 Å². The predicted octanol–water partition coefficient (Wildman–Crippen LogP) is -0.812. The van der Waals surface area contributed by atoms with Crippen molar-refractivity contribution >= 4 is 0 Å². The third-order valence-electron chi connectivity index (χ3n) is 6.30. The molecule has 192 valence electrons. The molecule has 1 aromatic carbocycles. The Morgan fingerprint density at radius 3 is 2.35 bits per heavy atom. The van der Waals surface area contributed by atoms with Crippen LogP contribution in [0, 0.1) is 0 Å². The summed E-state index contributed by atoms with van der Waals surface area (Å²) in [4.78, 5) is 0. The van der Waals surface area contributed by atoms with E-state index >= 15 is 0 Å². The lowest BCUT2D eigenvalue weighted by atomic mass is 9.96. The zero-order chi connectivity index (χ0) is 24.2. The molecule has 0 aromatic heterocycles. The van der Waals surface area contributed by atoms with E-state index in [1.165, 1.54) is 0 Å². The summed E-state index contributed by atoms with van der Waals surface area (Å²) in [6.07, 6.45) is -11.4. The van der Waals surface area contributed by atoms with E-state index in [1.54, 1.807) is 0 Å². The number of rotatable bonds is 8. The molecular weight excluding hydrogens is 452 g/mol. The molecule has 3 saturated heterocycles. The summed E-state index contributed by atoms with van der Waals surface area (Å²) < 4.78 is 34.2. The largest absolute Gasteiger partial charge is 0.394 e. The first-order chi connectivity index (χ1) is 16.4. The highest BCUT2D eigenvalue weighted by atomic mass is 16.8. The second-order valence-corrected chi connectivity index (χ2v) is 8.73. The van der Waals surface area contributed by atoms with Crippen LogP contribution in [0.1, 0.15) is 31.6 Å². The molecule has 0 spiro atoms. The van der Waals surface area contributed by atoms with Gasteiger partial charge in [0.25, 0.3) is 0 Å². The van der Waals surface area contributed by atoms with Gasteiger partial charge in [0.15, 0.2) is 18.9 Å². The SMILES string of the molecule is CCCCO[C@@H]1OC(CO)[C@@H](O[C@@H]2OC3COC(c4ccccc4)O[C@@H]3[C@H](O)C2O)[C@H](O)C1O. The maximum Gasteiger partial charge on any atom is 0.187 e. The molecule has 0 amide bonds. The number of ether oxygens (including phenoxy) is 6. The van der Waals surface area contributed by atoms with Crippen LogP contribution >= 0.6 is 0 Å². The maximum atomic E-state index is 10.7. The van der Waals surface area contributed by atoms with Crippen molar-refractivity contribution in [2.75, 3.05) is 19.8 Å². The highest BCUT2D eigenvalue weighted by Gasteiger charge is 2.53. The highest BCUT2D eigenvalue weighted by Crippen LogP contribution is 2.36. The minimum atomic E-state index is -1.53. The Balaban J connectivity index is 1.40. The summed E-state index contributed by atoms with van der Waals surface area (Å²) in [6.45, 7) is 1.83. The van der Waals surface area contributed by atoms with Crippen molar-refractivity contribution in [3.05, 3.63) is 35.9 Å². The average molecular weight is 487 g/mol. The van der Waals surface area contributed by atoms with E-state index in [1.807, 2.05) is 37.3 Å². The topological polar surface area (TPSA) is 157 Å². The molecule has 1 aromatic rings. The Morgan fingerprint density at radius 2 is 1.65 bits per heavy atom. The van der Waals surface area contributed by atoms with E-state index in [4.69, 9.17) is 28.4 Å². The molecule has 11 atom stereocenters. The van der Waals surface area contributed by atoms with Crippen LogP contribution in [0.25, 0.3) is 0 Å². The number of aliphatic hydroxyl groups excluding tert-OH is 5. The minimum absolute atomic E-state index is 0.0665. The molecule has 3 fully saturated rings. The third-order valence-corrected chi connectivity index (χ3v) is 6.30. The van der Waals surface area contributed by atoms with Crippen LogP contribution in [0.5, 0.6) is 0 Å². The van der Waals surface area contributed by atoms with Gasteiger partial charge in [-0.05, 0) is 6.42 Å². The van der Waals surface area contributed by atoms with E-state index in [0.29, 0.717) is 6.61 Å². The van der Waals surface area contributed by atoms with Gasteiger partial charge in [-0.25, -0.2) is 0 Å². The van der Waals surface area contributed by atoms with Gasteiger partial charge in [-0.15, -0.1) is 0 Å². The smallest absolute Gasteiger partial charge is 0.187 e. The highest BCUT2D eigenvalue weighted by molar-refractivity contribution is 5.16. The second kappa shape index (κ2) is 11.7. The standard InChI is InChI=1S/C23H34O11/c1-2-3-9-29-22-17(27)15(25)19(13(10-24)31-22)34-23-18(28)16(26)20-14(32-23)11-30-21(33-20)12-7-5-4-6-8-12/h4-8,13-28H,2-3,9-11H2,1H3/t13?,14?,15-,16-,17?,18?,19-,20+,21?,22-,23+/m1/s1. The van der Waals surface area contributed by atoms with Crippen molar-refractivity contribution in [2.24, 2.45) is 0 Å². The number of aliphatic hydroxyl groups is 5. The number of hydrogen-bond acceptors (Lipinski definition) is 11. The van der Waals surface area contributed by atoms with Crippen molar-refractivity contribution in [1.29, 1.82) is 0 Å². The van der Waals surface area contributed by atoms with Crippen molar-refractivity contribution in [3.63, 3.8) is 0 Å². The zero-order valence-corrected chi connectivity index (χ0v) is 19.0. The molecule has 3 heterocycles. The molecule has 0 bridgehead atoms. The summed E-state index contributed by atoms with van der Waals surface area (Å²) in [5.74, 6) is 0. The van der Waals surface area contributed by atoms with Crippen LogP contribution in [0.4, 0.5) is 0 Å². The Kier molecular flexibility index (Phi) is 8.88. The fraction of sp³-hybridized carbons (Fsp3) is 0.739. The van der Waals surface area contributed by atoms with Crippen molar-refractivity contribution in [2.45, 2.75) is 87.5 Å². The van der Waals surface area contributed by atoms with E-state index in [9.17, 15) is 25.5 Å². The fourth-order valence-corrected chi connectivity index (χ4v) is 4.33. The molecule has 0 radical (unpaired) electrons. The van der Waals surface area contributed by atoms with Gasteiger partial charge in [0.2, 0.25) is 0 Å². The Hall–Kier alpha value is -1.22. The number of fused-ring (bicyclic) bond motifs is 1. The predicted molar refractivity (Wildman–Crippen MR) is 114 cm³/mol. The van der Waals surface area contributed by atoms with E-state index in [2.05, 4.69) is 0 Å². The van der Waals surface area contributed by atoms with E-state index < -0.39 is 74.3 Å². The molecule has 5 unspecified atom stereocenters. The summed E-state index contributed by atoms with van der Waals surface area (Å²) in [5, 5.41) is 52.3. The van der Waals surface area contributed by atoms with Crippen LogP contribution in [-0.2, 0) is 28.4 Å². The molecule has 11 nitrogen and oxygen atoms in total. The van der Waals surface area contributed by atoms with Crippen molar-refractivity contribution in [3.8, 4) is 0 Å². The third kappa shape index (κ3) is 5.45. The van der Waals surface area contributed by atoms with Crippen LogP contribution in [-0.4, -0.2) is 107 Å². The fourth-order valence-electron chi connectivity index (χ4n) is 4.33. The van der Waals surface area contributed by atoms with Gasteiger partial charge in [0.05, 0.1) is 13.2 Å². The molecule has 4 rings (SSSR count). The summed E-state index contributed by atoms with van der Waals surface area (Å²) in [6, 6.07) is 9.19. The van der Waals surface area contributed by atoms with Gasteiger partial charge in [-0.3, -0.25) is 0 Å². The van der Waals surface area contributed by atoms with Crippen LogP contribution in [0.15, 0.2) is 30.3 Å². The lowest BCUT2D eigenvalue weighted by Crippen LogP contribution is -2.65. The molecular formula is C23H34O11. The lowest BCUT2D eigenvalue weighted by molar-refractivity contribution is -0.385. The first-order valence-corrected chi connectivity index (χ1v) is 11.7. The molecule has 34 heavy (non-hydrogen) atoms. The van der Waals surface area contributed by atoms with Gasteiger partial charge in [-0.2, -0.15) is 0 Å². The van der Waals surface area contributed by atoms with E-state index in [-0.39, 0.29) is 6.61 Å². The minimum Gasteiger partial charge on any atom is -0.394 e. The Morgan fingerprint density at radius 1 is 0.912 bits per heavy atom. The zero-order valence-electron chi connectivity index (χ0n) is 19.0. The first-order valence-electron chi connectivity index (χ1n) is 11.7. The summed E-state index contributed by atoms with van der Waals surface area (Å²) in [5.41, 5.74) is 0.763. The summed E-state index contributed by atoms with van der Waals surface area (Å²) >= 11 is 0. The maximum absolute atomic E-state index is 10.7. The van der Waals surface area contributed by atoms with E-state index in [0.717, 1.165) is 18.4 Å². The first kappa shape index (κ1) is 25.9. The molecule has 0 aliphatic carbocycles. The van der Waals surface area contributed by atoms with Gasteiger partial charge in [0, 0.05) is 12.2 Å². The van der Waals surface area contributed by atoms with Crippen molar-refractivity contribution in [1.82, 2.24) is 0 Å². The van der Waals surface area contributed by atoms with Gasteiger partial charge in [-0.1, -0.05) is 43.7 Å². The van der Waals surface area contributed by atoms with Crippen LogP contribution in [0.2, 0.25) is 0 Å². The number of benzene rings is 1. The second-order valence-electron chi connectivity index (χ2n) is 8.73. The van der Waals surface area contributed by atoms with Gasteiger partial charge < -0.3 is 54.0 Å². The quantitative estimate of drug-likeness (QED) is 0.293.